The van der Waals surface area contributed by atoms with Crippen LogP contribution in [0.1, 0.15) is 99.9 Å². The lowest BCUT2D eigenvalue weighted by molar-refractivity contribution is -0.132. The fourth-order valence-electron chi connectivity index (χ4n) is 4.41. The normalized spacial score (nSPS) is 12.6. The molecule has 0 saturated carbocycles. The number of aliphatic carboxylic acids is 2. The molecule has 0 aliphatic carbocycles. The molecule has 0 amide bonds. The number of hydrogen-bond donors (Lipinski definition) is 2. The van der Waals surface area contributed by atoms with Crippen LogP contribution < -0.4 is 0 Å². The third kappa shape index (κ3) is 7.42. The fourth-order valence-corrected chi connectivity index (χ4v) is 4.41. The minimum atomic E-state index is -0.983. The summed E-state index contributed by atoms with van der Waals surface area (Å²) in [7, 11) is 0. The molecule has 0 unspecified atom stereocenters. The van der Waals surface area contributed by atoms with Crippen LogP contribution >= 0.6 is 0 Å². The zero-order chi connectivity index (χ0) is 26.6. The Labute approximate surface area is 210 Å². The molecule has 2 aromatic rings. The average Bonchev–Trinajstić information content (AvgIpc) is 2.74. The van der Waals surface area contributed by atoms with E-state index in [0.29, 0.717) is 6.42 Å². The molecule has 0 aromatic heterocycles. The lowest BCUT2D eigenvalue weighted by atomic mass is 9.77. The second kappa shape index (κ2) is 11.1. The summed E-state index contributed by atoms with van der Waals surface area (Å²) in [4.78, 5) is 22.8. The van der Waals surface area contributed by atoms with Gasteiger partial charge in [0.25, 0.3) is 0 Å². The van der Waals surface area contributed by atoms with Gasteiger partial charge in [0, 0.05) is 12.2 Å². The van der Waals surface area contributed by atoms with E-state index in [1.165, 1.54) is 23.3 Å². The Bertz CT molecular complexity index is 1060. The molecule has 4 nitrogen and oxygen atoms in total. The van der Waals surface area contributed by atoms with Gasteiger partial charge in [-0.1, -0.05) is 79.7 Å². The Morgan fingerprint density at radius 3 is 1.29 bits per heavy atom. The molecule has 0 fully saturated rings. The molecule has 4 heteroatoms. The van der Waals surface area contributed by atoms with E-state index < -0.39 is 11.9 Å². The second-order valence-electron chi connectivity index (χ2n) is 11.2. The molecule has 35 heavy (non-hydrogen) atoms. The Morgan fingerprint density at radius 1 is 0.686 bits per heavy atom. The van der Waals surface area contributed by atoms with E-state index in [1.807, 2.05) is 0 Å². The first-order valence-corrected chi connectivity index (χ1v) is 12.3. The van der Waals surface area contributed by atoms with Crippen molar-refractivity contribution in [2.24, 2.45) is 0 Å². The van der Waals surface area contributed by atoms with Crippen molar-refractivity contribution in [3.63, 3.8) is 0 Å². The van der Waals surface area contributed by atoms with E-state index in [1.54, 1.807) is 12.2 Å². The summed E-state index contributed by atoms with van der Waals surface area (Å²) < 4.78 is 0. The standard InChI is InChI=1S/C31H40O4/c1-9-20-15-22(24(11-13-28(32)33)26(17-20)30(3,4)5)19-23-16-21(10-2)18-27(31(6,7)8)25(23)12-14-29(34)35/h11-18H,9-10,19H2,1-8H3,(H,32,33)(H,34,35). The largest absolute Gasteiger partial charge is 0.478 e. The molecule has 0 saturated heterocycles. The molecular formula is C31H40O4. The van der Waals surface area contributed by atoms with Gasteiger partial charge in [0.2, 0.25) is 0 Å². The summed E-state index contributed by atoms with van der Waals surface area (Å²) >= 11 is 0. The zero-order valence-corrected chi connectivity index (χ0v) is 22.5. The Morgan fingerprint density at radius 2 is 1.03 bits per heavy atom. The minimum Gasteiger partial charge on any atom is -0.478 e. The molecule has 2 aromatic carbocycles. The molecule has 0 bridgehead atoms. The van der Waals surface area contributed by atoms with E-state index in [9.17, 15) is 19.8 Å². The zero-order valence-electron chi connectivity index (χ0n) is 22.5. The van der Waals surface area contributed by atoms with Crippen molar-refractivity contribution in [1.82, 2.24) is 0 Å². The van der Waals surface area contributed by atoms with Gasteiger partial charge >= 0.3 is 11.9 Å². The summed E-state index contributed by atoms with van der Waals surface area (Å²) in [6.07, 6.45) is 8.13. The van der Waals surface area contributed by atoms with Gasteiger partial charge < -0.3 is 10.2 Å². The van der Waals surface area contributed by atoms with E-state index in [0.717, 1.165) is 46.2 Å². The van der Waals surface area contributed by atoms with E-state index in [4.69, 9.17) is 0 Å². The predicted octanol–water partition coefficient (Wildman–Crippen LogP) is 7.19. The lowest BCUT2D eigenvalue weighted by Gasteiger charge is -2.27. The number of rotatable bonds is 8. The minimum absolute atomic E-state index is 0.175. The number of benzene rings is 2. The first kappa shape index (κ1) is 28.1. The summed E-state index contributed by atoms with van der Waals surface area (Å²) in [6.45, 7) is 17.1. The van der Waals surface area contributed by atoms with Crippen LogP contribution in [-0.2, 0) is 39.7 Å². The number of carbonyl (C=O) groups is 2. The topological polar surface area (TPSA) is 74.6 Å². The van der Waals surface area contributed by atoms with Gasteiger partial charge in [0.1, 0.15) is 0 Å². The van der Waals surface area contributed by atoms with E-state index in [2.05, 4.69) is 79.7 Å². The van der Waals surface area contributed by atoms with E-state index >= 15 is 0 Å². The third-order valence-corrected chi connectivity index (χ3v) is 6.25. The molecule has 188 valence electrons. The summed E-state index contributed by atoms with van der Waals surface area (Å²) in [5.74, 6) is -1.97. The van der Waals surface area contributed by atoms with Crippen LogP contribution in [-0.4, -0.2) is 22.2 Å². The molecule has 0 aliphatic heterocycles. The SMILES string of the molecule is CCc1cc(Cc2cc(CC)cc(C(C)(C)C)c2C=CC(=O)O)c(C=CC(=O)O)c(C(C)(C)C)c1. The van der Waals surface area contributed by atoms with Crippen LogP contribution in [0.5, 0.6) is 0 Å². The van der Waals surface area contributed by atoms with Gasteiger partial charge in [-0.2, -0.15) is 0 Å². The molecule has 0 spiro atoms. The summed E-state index contributed by atoms with van der Waals surface area (Å²) in [5, 5.41) is 18.7. The van der Waals surface area contributed by atoms with Crippen molar-refractivity contribution in [3.8, 4) is 0 Å². The van der Waals surface area contributed by atoms with Crippen molar-refractivity contribution in [3.05, 3.63) is 80.9 Å². The molecule has 0 heterocycles. The molecule has 0 radical (unpaired) electrons. The first-order chi connectivity index (χ1) is 16.2. The van der Waals surface area contributed by atoms with Crippen LogP contribution in [0.25, 0.3) is 12.2 Å². The predicted molar refractivity (Wildman–Crippen MR) is 145 cm³/mol. The Balaban J connectivity index is 2.91. The highest BCUT2D eigenvalue weighted by atomic mass is 16.4. The van der Waals surface area contributed by atoms with Gasteiger partial charge in [0.15, 0.2) is 0 Å². The maximum Gasteiger partial charge on any atom is 0.328 e. The van der Waals surface area contributed by atoms with Crippen molar-refractivity contribution in [2.75, 3.05) is 0 Å². The van der Waals surface area contributed by atoms with Gasteiger partial charge in [-0.05, 0) is 86.8 Å². The van der Waals surface area contributed by atoms with Gasteiger partial charge in [-0.3, -0.25) is 0 Å². The first-order valence-electron chi connectivity index (χ1n) is 12.3. The molecular weight excluding hydrogens is 436 g/mol. The van der Waals surface area contributed by atoms with Crippen molar-refractivity contribution < 1.29 is 19.8 Å². The second-order valence-corrected chi connectivity index (χ2v) is 11.2. The van der Waals surface area contributed by atoms with Gasteiger partial charge in [0.05, 0.1) is 0 Å². The monoisotopic (exact) mass is 476 g/mol. The lowest BCUT2D eigenvalue weighted by Crippen LogP contribution is -2.17. The van der Waals surface area contributed by atoms with Crippen LogP contribution in [0.15, 0.2) is 36.4 Å². The number of hydrogen-bond acceptors (Lipinski definition) is 2. The smallest absolute Gasteiger partial charge is 0.328 e. The quantitative estimate of drug-likeness (QED) is 0.395. The fraction of sp³-hybridized carbons (Fsp3) is 0.419. The van der Waals surface area contributed by atoms with Crippen molar-refractivity contribution >= 4 is 24.1 Å². The van der Waals surface area contributed by atoms with Crippen LogP contribution in [0.4, 0.5) is 0 Å². The molecule has 0 aliphatic rings. The summed E-state index contributed by atoms with van der Waals surface area (Å²) in [6, 6.07) is 8.69. The highest BCUT2D eigenvalue weighted by Crippen LogP contribution is 2.35. The van der Waals surface area contributed by atoms with Crippen LogP contribution in [0.2, 0.25) is 0 Å². The Hall–Kier alpha value is -3.14. The van der Waals surface area contributed by atoms with Gasteiger partial charge in [-0.25, -0.2) is 9.59 Å². The molecule has 2 N–H and O–H groups in total. The number of carboxylic acids is 2. The van der Waals surface area contributed by atoms with Gasteiger partial charge in [-0.15, -0.1) is 0 Å². The van der Waals surface area contributed by atoms with E-state index in [-0.39, 0.29) is 10.8 Å². The molecule has 2 rings (SSSR count). The highest BCUT2D eigenvalue weighted by Gasteiger charge is 2.23. The Kier molecular flexibility index (Phi) is 8.89. The van der Waals surface area contributed by atoms with Crippen LogP contribution in [0, 0.1) is 0 Å². The van der Waals surface area contributed by atoms with Crippen LogP contribution in [0.3, 0.4) is 0 Å². The maximum atomic E-state index is 11.4. The van der Waals surface area contributed by atoms with Crippen molar-refractivity contribution in [1.29, 1.82) is 0 Å². The average molecular weight is 477 g/mol. The van der Waals surface area contributed by atoms with Crippen molar-refractivity contribution in [2.45, 2.75) is 85.5 Å². The number of aryl methyl sites for hydroxylation is 2. The summed E-state index contributed by atoms with van der Waals surface area (Å²) in [5.41, 5.74) is 8.19. The molecule has 0 atom stereocenters. The third-order valence-electron chi connectivity index (χ3n) is 6.25. The maximum absolute atomic E-state index is 11.4. The number of carboxylic acid groups (broad SMARTS) is 2. The highest BCUT2D eigenvalue weighted by molar-refractivity contribution is 5.87.